The van der Waals surface area contributed by atoms with Gasteiger partial charge in [-0.25, -0.2) is 0 Å². The molecule has 0 saturated carbocycles. The summed E-state index contributed by atoms with van der Waals surface area (Å²) in [6.45, 7) is 1.83. The standard InChI is InChI=1S/C21H21ClN2O2/c1-24-11-9-13(10-12-24)20(25)18-14-5-2-3-6-15(14)21(26)23-17-8-4-7-16(22)19(17)18/h2-8,13,18H,9-12H2,1H3,(H,23,26). The van der Waals surface area contributed by atoms with Crippen LogP contribution < -0.4 is 5.32 Å². The molecule has 1 unspecified atom stereocenters. The van der Waals surface area contributed by atoms with E-state index in [0.717, 1.165) is 37.1 Å². The number of nitrogens with zero attached hydrogens (tertiary/aromatic N) is 1. The van der Waals surface area contributed by atoms with Gasteiger partial charge in [0, 0.05) is 27.8 Å². The van der Waals surface area contributed by atoms with E-state index < -0.39 is 5.92 Å². The van der Waals surface area contributed by atoms with E-state index in [9.17, 15) is 9.59 Å². The minimum Gasteiger partial charge on any atom is -0.322 e. The van der Waals surface area contributed by atoms with Gasteiger partial charge in [-0.15, -0.1) is 0 Å². The Bertz CT molecular complexity index is 872. The average Bonchev–Trinajstić information content (AvgIpc) is 2.77. The topological polar surface area (TPSA) is 49.4 Å². The summed E-state index contributed by atoms with van der Waals surface area (Å²) in [6.07, 6.45) is 1.68. The molecule has 26 heavy (non-hydrogen) atoms. The smallest absolute Gasteiger partial charge is 0.255 e. The van der Waals surface area contributed by atoms with E-state index >= 15 is 0 Å². The molecule has 2 aromatic carbocycles. The van der Waals surface area contributed by atoms with Gasteiger partial charge in [0.15, 0.2) is 0 Å². The van der Waals surface area contributed by atoms with Crippen LogP contribution in [0.25, 0.3) is 0 Å². The number of carbonyl (C=O) groups excluding carboxylic acids is 2. The Hall–Kier alpha value is -2.17. The van der Waals surface area contributed by atoms with Crippen molar-refractivity contribution in [3.05, 3.63) is 64.2 Å². The molecule has 0 bridgehead atoms. The van der Waals surface area contributed by atoms with E-state index in [1.165, 1.54) is 0 Å². The van der Waals surface area contributed by atoms with Crippen LogP contribution >= 0.6 is 11.6 Å². The van der Waals surface area contributed by atoms with Crippen molar-refractivity contribution in [2.75, 3.05) is 25.5 Å². The molecule has 2 aliphatic rings. The van der Waals surface area contributed by atoms with Crippen molar-refractivity contribution >= 4 is 29.0 Å². The number of likely N-dealkylation sites (tertiary alicyclic amines) is 1. The van der Waals surface area contributed by atoms with Crippen LogP contribution in [0.4, 0.5) is 5.69 Å². The monoisotopic (exact) mass is 368 g/mol. The summed E-state index contributed by atoms with van der Waals surface area (Å²) in [6, 6.07) is 12.8. The number of anilines is 1. The number of ketones is 1. The second-order valence-corrected chi connectivity index (χ2v) is 7.56. The Balaban J connectivity index is 1.86. The van der Waals surface area contributed by atoms with Crippen LogP contribution in [0.3, 0.4) is 0 Å². The molecule has 0 spiro atoms. The Labute approximate surface area is 158 Å². The van der Waals surface area contributed by atoms with Crippen molar-refractivity contribution in [1.29, 1.82) is 0 Å². The number of piperidine rings is 1. The van der Waals surface area contributed by atoms with Crippen molar-refractivity contribution in [2.45, 2.75) is 18.8 Å². The summed E-state index contributed by atoms with van der Waals surface area (Å²) in [7, 11) is 2.08. The van der Waals surface area contributed by atoms with Gasteiger partial charge in [-0.3, -0.25) is 9.59 Å². The molecule has 2 heterocycles. The largest absolute Gasteiger partial charge is 0.322 e. The minimum atomic E-state index is -0.512. The number of halogens is 1. The fraction of sp³-hybridized carbons (Fsp3) is 0.333. The second-order valence-electron chi connectivity index (χ2n) is 7.16. The lowest BCUT2D eigenvalue weighted by Crippen LogP contribution is -2.35. The predicted octanol–water partition coefficient (Wildman–Crippen LogP) is 3.95. The number of hydrogen-bond donors (Lipinski definition) is 1. The zero-order chi connectivity index (χ0) is 18.3. The second kappa shape index (κ2) is 6.86. The van der Waals surface area contributed by atoms with Crippen LogP contribution in [0.5, 0.6) is 0 Å². The van der Waals surface area contributed by atoms with Crippen molar-refractivity contribution in [3.8, 4) is 0 Å². The third-order valence-electron chi connectivity index (χ3n) is 5.51. The first-order chi connectivity index (χ1) is 12.6. The Kier molecular flexibility index (Phi) is 4.55. The van der Waals surface area contributed by atoms with Gasteiger partial charge in [0.05, 0.1) is 5.92 Å². The van der Waals surface area contributed by atoms with E-state index in [1.807, 2.05) is 24.3 Å². The average molecular weight is 369 g/mol. The molecule has 0 aromatic heterocycles. The molecule has 4 nitrogen and oxygen atoms in total. The maximum absolute atomic E-state index is 13.6. The molecule has 1 amide bonds. The quantitative estimate of drug-likeness (QED) is 0.873. The normalized spacial score (nSPS) is 20.7. The SMILES string of the molecule is CN1CCC(C(=O)C2c3ccccc3C(=O)Nc3cccc(Cl)c32)CC1. The number of fused-ring (bicyclic) bond motifs is 2. The van der Waals surface area contributed by atoms with E-state index in [-0.39, 0.29) is 17.6 Å². The molecule has 0 radical (unpaired) electrons. The summed E-state index contributed by atoms with van der Waals surface area (Å²) in [5.41, 5.74) is 2.65. The highest BCUT2D eigenvalue weighted by molar-refractivity contribution is 6.32. The first-order valence-corrected chi connectivity index (χ1v) is 9.35. The van der Waals surface area contributed by atoms with Crippen LogP contribution in [0.1, 0.15) is 40.2 Å². The van der Waals surface area contributed by atoms with Crippen molar-refractivity contribution in [2.24, 2.45) is 5.92 Å². The van der Waals surface area contributed by atoms with Crippen LogP contribution in [0, 0.1) is 5.92 Å². The molecule has 5 heteroatoms. The first-order valence-electron chi connectivity index (χ1n) is 8.97. The highest BCUT2D eigenvalue weighted by Gasteiger charge is 2.37. The molecule has 1 fully saturated rings. The summed E-state index contributed by atoms with van der Waals surface area (Å²) in [5.74, 6) is -0.553. The maximum Gasteiger partial charge on any atom is 0.255 e. The highest BCUT2D eigenvalue weighted by Crippen LogP contribution is 2.42. The first kappa shape index (κ1) is 17.3. The lowest BCUT2D eigenvalue weighted by atomic mass is 9.78. The van der Waals surface area contributed by atoms with Gasteiger partial charge in [-0.1, -0.05) is 35.9 Å². The Morgan fingerprint density at radius 3 is 2.62 bits per heavy atom. The zero-order valence-corrected chi connectivity index (χ0v) is 15.4. The predicted molar refractivity (Wildman–Crippen MR) is 103 cm³/mol. The molecule has 0 aliphatic carbocycles. The van der Waals surface area contributed by atoms with Gasteiger partial charge in [0.25, 0.3) is 5.91 Å². The molecule has 4 rings (SSSR count). The third kappa shape index (κ3) is 2.93. The van der Waals surface area contributed by atoms with Crippen molar-refractivity contribution in [1.82, 2.24) is 4.90 Å². The maximum atomic E-state index is 13.6. The lowest BCUT2D eigenvalue weighted by molar-refractivity contribution is -0.124. The fourth-order valence-electron chi connectivity index (χ4n) is 4.06. The molecule has 2 aliphatic heterocycles. The van der Waals surface area contributed by atoms with Crippen molar-refractivity contribution < 1.29 is 9.59 Å². The van der Waals surface area contributed by atoms with Crippen LogP contribution in [0.2, 0.25) is 5.02 Å². The van der Waals surface area contributed by atoms with E-state index in [2.05, 4.69) is 17.3 Å². The van der Waals surface area contributed by atoms with Crippen molar-refractivity contribution in [3.63, 3.8) is 0 Å². The number of Topliss-reactive ketones (excluding diaryl/α,β-unsaturated/α-hetero) is 1. The van der Waals surface area contributed by atoms with Gasteiger partial charge >= 0.3 is 0 Å². The van der Waals surface area contributed by atoms with E-state index in [0.29, 0.717) is 16.3 Å². The van der Waals surface area contributed by atoms with Crippen LogP contribution in [-0.4, -0.2) is 36.7 Å². The number of nitrogens with one attached hydrogen (secondary N) is 1. The van der Waals surface area contributed by atoms with Gasteiger partial charge in [-0.05, 0) is 56.7 Å². The summed E-state index contributed by atoms with van der Waals surface area (Å²) in [4.78, 5) is 28.5. The van der Waals surface area contributed by atoms with Crippen LogP contribution in [-0.2, 0) is 4.79 Å². The molecule has 2 aromatic rings. The number of benzene rings is 2. The Morgan fingerprint density at radius 2 is 1.85 bits per heavy atom. The van der Waals surface area contributed by atoms with Gasteiger partial charge in [-0.2, -0.15) is 0 Å². The Morgan fingerprint density at radius 1 is 1.12 bits per heavy atom. The molecular formula is C21H21ClN2O2. The number of carbonyl (C=O) groups is 2. The molecule has 1 saturated heterocycles. The number of rotatable bonds is 2. The van der Waals surface area contributed by atoms with Gasteiger partial charge in [0.1, 0.15) is 5.78 Å². The van der Waals surface area contributed by atoms with Gasteiger partial charge in [0.2, 0.25) is 0 Å². The fourth-order valence-corrected chi connectivity index (χ4v) is 4.35. The molecular weight excluding hydrogens is 348 g/mol. The molecule has 134 valence electrons. The van der Waals surface area contributed by atoms with Crippen LogP contribution in [0.15, 0.2) is 42.5 Å². The highest BCUT2D eigenvalue weighted by atomic mass is 35.5. The lowest BCUT2D eigenvalue weighted by Gasteiger charge is -2.31. The van der Waals surface area contributed by atoms with E-state index in [1.54, 1.807) is 18.2 Å². The number of hydrogen-bond acceptors (Lipinski definition) is 3. The van der Waals surface area contributed by atoms with Gasteiger partial charge < -0.3 is 10.2 Å². The zero-order valence-electron chi connectivity index (χ0n) is 14.7. The molecule has 1 N–H and O–H groups in total. The minimum absolute atomic E-state index is 0.0124. The summed E-state index contributed by atoms with van der Waals surface area (Å²) >= 11 is 6.52. The summed E-state index contributed by atoms with van der Waals surface area (Å²) < 4.78 is 0. The number of amides is 1. The van der Waals surface area contributed by atoms with E-state index in [4.69, 9.17) is 11.6 Å². The third-order valence-corrected chi connectivity index (χ3v) is 5.84. The summed E-state index contributed by atoms with van der Waals surface area (Å²) in [5, 5.41) is 3.45. The molecule has 1 atom stereocenters.